The van der Waals surface area contributed by atoms with E-state index in [9.17, 15) is 0 Å². The number of aryl methyl sites for hydroxylation is 2. The summed E-state index contributed by atoms with van der Waals surface area (Å²) in [5.41, 5.74) is 5.89. The van der Waals surface area contributed by atoms with Crippen LogP contribution in [0.2, 0.25) is 0 Å². The molecule has 1 atom stereocenters. The molecule has 2 heterocycles. The van der Waals surface area contributed by atoms with Gasteiger partial charge in [0.25, 0.3) is 0 Å². The second-order valence-corrected chi connectivity index (χ2v) is 7.81. The Morgan fingerprint density at radius 3 is 2.44 bits per heavy atom. The fourth-order valence-corrected chi connectivity index (χ4v) is 3.75. The Balaban J connectivity index is 2.08. The van der Waals surface area contributed by atoms with Crippen LogP contribution in [0.25, 0.3) is 11.0 Å². The fraction of sp³-hybridized carbons (Fsp3) is 0.632. The highest BCUT2D eigenvalue weighted by molar-refractivity contribution is 5.88. The van der Waals surface area contributed by atoms with Crippen molar-refractivity contribution in [3.05, 3.63) is 16.7 Å². The van der Waals surface area contributed by atoms with Crippen LogP contribution >= 0.6 is 0 Å². The fourth-order valence-electron chi connectivity index (χ4n) is 3.75. The Labute approximate surface area is 150 Å². The number of rotatable bonds is 5. The van der Waals surface area contributed by atoms with Gasteiger partial charge in [0, 0.05) is 31.1 Å². The van der Waals surface area contributed by atoms with Crippen LogP contribution in [-0.4, -0.2) is 67.4 Å². The Bertz CT molecular complexity index is 778. The van der Waals surface area contributed by atoms with E-state index in [0.717, 1.165) is 36.8 Å². The van der Waals surface area contributed by atoms with Crippen molar-refractivity contribution in [1.29, 1.82) is 0 Å². The minimum atomic E-state index is 0.576. The Morgan fingerprint density at radius 2 is 1.80 bits per heavy atom. The average molecular weight is 345 g/mol. The monoisotopic (exact) mass is 345 g/mol. The third kappa shape index (κ3) is 3.33. The smallest absolute Gasteiger partial charge is 0.203 e. The number of nitrogens with zero attached hydrogens (tertiary/aromatic N) is 4. The molecule has 3 rings (SSSR count). The van der Waals surface area contributed by atoms with Crippen LogP contribution in [-0.2, 0) is 6.54 Å². The van der Waals surface area contributed by atoms with Gasteiger partial charge in [0.1, 0.15) is 12.5 Å². The second kappa shape index (κ2) is 6.84. The molecule has 25 heavy (non-hydrogen) atoms. The Hall–Kier alpha value is -1.79. The van der Waals surface area contributed by atoms with Gasteiger partial charge in [-0.05, 0) is 60.1 Å². The predicted molar refractivity (Wildman–Crippen MR) is 104 cm³/mol. The summed E-state index contributed by atoms with van der Waals surface area (Å²) in [7, 11) is 8.31. The van der Waals surface area contributed by atoms with Gasteiger partial charge in [-0.3, -0.25) is 4.90 Å². The van der Waals surface area contributed by atoms with E-state index in [1.54, 1.807) is 0 Å². The maximum absolute atomic E-state index is 6.13. The third-order valence-electron chi connectivity index (χ3n) is 5.00. The van der Waals surface area contributed by atoms with Gasteiger partial charge in [0.05, 0.1) is 11.0 Å². The first-order chi connectivity index (χ1) is 11.8. The SMILES string of the molecule is Cc1c(OCN(C)C)c(C)c2c(nc3n2CC(CN(C)C)CN3)c1C. The highest BCUT2D eigenvalue weighted by Crippen LogP contribution is 2.37. The molecule has 6 nitrogen and oxygen atoms in total. The molecule has 1 aliphatic heterocycles. The van der Waals surface area contributed by atoms with Crippen LogP contribution in [0.5, 0.6) is 5.75 Å². The number of anilines is 1. The second-order valence-electron chi connectivity index (χ2n) is 7.81. The van der Waals surface area contributed by atoms with Crippen LogP contribution in [0.3, 0.4) is 0 Å². The molecule has 1 N–H and O–H groups in total. The maximum atomic E-state index is 6.13. The zero-order valence-electron chi connectivity index (χ0n) is 16.6. The summed E-state index contributed by atoms with van der Waals surface area (Å²) in [6.07, 6.45) is 0. The zero-order chi connectivity index (χ0) is 18.3. The molecule has 0 saturated carbocycles. The lowest BCUT2D eigenvalue weighted by atomic mass is 10.0. The van der Waals surface area contributed by atoms with Gasteiger partial charge in [-0.2, -0.15) is 0 Å². The van der Waals surface area contributed by atoms with E-state index in [-0.39, 0.29) is 0 Å². The standard InChI is InChI=1S/C19H31N5O/c1-12-13(2)18(25-11-23(6)7)14(3)17-16(12)21-19-20-8-15(9-22(4)5)10-24(17)19/h15H,8-11H2,1-7H3,(H,20,21). The number of aromatic nitrogens is 2. The summed E-state index contributed by atoms with van der Waals surface area (Å²) in [5.74, 6) is 2.56. The lowest BCUT2D eigenvalue weighted by Gasteiger charge is -2.28. The van der Waals surface area contributed by atoms with Gasteiger partial charge >= 0.3 is 0 Å². The van der Waals surface area contributed by atoms with E-state index >= 15 is 0 Å². The summed E-state index contributed by atoms with van der Waals surface area (Å²) < 4.78 is 8.47. The summed E-state index contributed by atoms with van der Waals surface area (Å²) in [4.78, 5) is 9.19. The lowest BCUT2D eigenvalue weighted by Crippen LogP contribution is -2.34. The number of nitrogens with one attached hydrogen (secondary N) is 1. The van der Waals surface area contributed by atoms with Gasteiger partial charge in [-0.1, -0.05) is 0 Å². The molecule has 0 bridgehead atoms. The molecule has 138 valence electrons. The molecular formula is C19H31N5O. The quantitative estimate of drug-likeness (QED) is 0.844. The normalized spacial score (nSPS) is 17.2. The van der Waals surface area contributed by atoms with Crippen LogP contribution in [0.15, 0.2) is 0 Å². The maximum Gasteiger partial charge on any atom is 0.203 e. The summed E-state index contributed by atoms with van der Waals surface area (Å²) in [5, 5.41) is 3.53. The largest absolute Gasteiger partial charge is 0.478 e. The van der Waals surface area contributed by atoms with Crippen molar-refractivity contribution in [3.8, 4) is 5.75 Å². The molecule has 1 aromatic carbocycles. The van der Waals surface area contributed by atoms with Gasteiger partial charge in [-0.25, -0.2) is 4.98 Å². The van der Waals surface area contributed by atoms with E-state index in [0.29, 0.717) is 12.6 Å². The van der Waals surface area contributed by atoms with Crippen LogP contribution < -0.4 is 10.1 Å². The van der Waals surface area contributed by atoms with Crippen LogP contribution in [0.4, 0.5) is 5.95 Å². The molecular weight excluding hydrogens is 314 g/mol. The number of fused-ring (bicyclic) bond motifs is 3. The highest BCUT2D eigenvalue weighted by atomic mass is 16.5. The van der Waals surface area contributed by atoms with E-state index < -0.39 is 0 Å². The van der Waals surface area contributed by atoms with Gasteiger partial charge in [0.2, 0.25) is 5.95 Å². The first kappa shape index (κ1) is 18.0. The van der Waals surface area contributed by atoms with Crippen molar-refractivity contribution in [2.45, 2.75) is 27.3 Å². The van der Waals surface area contributed by atoms with Gasteiger partial charge in [-0.15, -0.1) is 0 Å². The number of ether oxygens (including phenoxy) is 1. The molecule has 0 aliphatic carbocycles. The number of hydrogen-bond acceptors (Lipinski definition) is 5. The summed E-state index contributed by atoms with van der Waals surface area (Å²) in [6, 6.07) is 0. The molecule has 6 heteroatoms. The highest BCUT2D eigenvalue weighted by Gasteiger charge is 2.26. The number of imidazole rings is 1. The summed E-state index contributed by atoms with van der Waals surface area (Å²) in [6.45, 7) is 10.1. The average Bonchev–Trinajstić information content (AvgIpc) is 2.91. The van der Waals surface area contributed by atoms with Crippen LogP contribution in [0, 0.1) is 26.7 Å². The number of benzene rings is 1. The molecule has 1 aromatic heterocycles. The van der Waals surface area contributed by atoms with Crippen molar-refractivity contribution in [1.82, 2.24) is 19.4 Å². The minimum absolute atomic E-state index is 0.576. The molecule has 0 fully saturated rings. The number of hydrogen-bond donors (Lipinski definition) is 1. The zero-order valence-corrected chi connectivity index (χ0v) is 16.6. The van der Waals surface area contributed by atoms with Crippen molar-refractivity contribution >= 4 is 17.0 Å². The first-order valence-electron chi connectivity index (χ1n) is 8.95. The van der Waals surface area contributed by atoms with Crippen LogP contribution in [0.1, 0.15) is 16.7 Å². The minimum Gasteiger partial charge on any atom is -0.478 e. The van der Waals surface area contributed by atoms with E-state index in [1.807, 2.05) is 19.0 Å². The Kier molecular flexibility index (Phi) is 4.93. The molecule has 2 aromatic rings. The van der Waals surface area contributed by atoms with Crippen molar-refractivity contribution in [2.24, 2.45) is 5.92 Å². The molecule has 0 saturated heterocycles. The molecule has 0 spiro atoms. The molecule has 1 unspecified atom stereocenters. The van der Waals surface area contributed by atoms with E-state index in [1.165, 1.54) is 22.2 Å². The van der Waals surface area contributed by atoms with Crippen molar-refractivity contribution in [2.75, 3.05) is 53.3 Å². The third-order valence-corrected chi connectivity index (χ3v) is 5.00. The topological polar surface area (TPSA) is 45.6 Å². The van der Waals surface area contributed by atoms with Crippen molar-refractivity contribution in [3.63, 3.8) is 0 Å². The van der Waals surface area contributed by atoms with E-state index in [4.69, 9.17) is 9.72 Å². The van der Waals surface area contributed by atoms with Crippen molar-refractivity contribution < 1.29 is 4.74 Å². The molecule has 0 radical (unpaired) electrons. The summed E-state index contributed by atoms with van der Waals surface area (Å²) >= 11 is 0. The van der Waals surface area contributed by atoms with Gasteiger partial charge in [0.15, 0.2) is 0 Å². The molecule has 1 aliphatic rings. The Morgan fingerprint density at radius 1 is 1.08 bits per heavy atom. The predicted octanol–water partition coefficient (Wildman–Crippen LogP) is 2.46. The first-order valence-corrected chi connectivity index (χ1v) is 8.95. The molecule has 0 amide bonds. The van der Waals surface area contributed by atoms with E-state index in [2.05, 4.69) is 49.7 Å². The lowest BCUT2D eigenvalue weighted by molar-refractivity contribution is 0.177. The van der Waals surface area contributed by atoms with Gasteiger partial charge < -0.3 is 19.5 Å².